The highest BCUT2D eigenvalue weighted by Gasteiger charge is 2.27. The lowest BCUT2D eigenvalue weighted by atomic mass is 10.2. The van der Waals surface area contributed by atoms with Gasteiger partial charge in [-0.05, 0) is 0 Å². The molecule has 2 atom stereocenters. The van der Waals surface area contributed by atoms with Gasteiger partial charge in [-0.15, -0.1) is 20.2 Å². The summed E-state index contributed by atoms with van der Waals surface area (Å²) in [7, 11) is 0. The van der Waals surface area contributed by atoms with Crippen molar-refractivity contribution in [2.45, 2.75) is 12.2 Å². The van der Waals surface area contributed by atoms with Crippen LogP contribution in [0.1, 0.15) is 0 Å². The first kappa shape index (κ1) is 12.0. The molecule has 80 valence electrons. The molecule has 0 radical (unpaired) electrons. The Labute approximate surface area is 76.2 Å². The summed E-state index contributed by atoms with van der Waals surface area (Å²) >= 11 is 0. The lowest BCUT2D eigenvalue weighted by molar-refractivity contribution is -0.795. The Hall–Kier alpha value is -1.97. The molecule has 0 bridgehead atoms. The van der Waals surface area contributed by atoms with Gasteiger partial charge in [0.15, 0.2) is 18.5 Å². The van der Waals surface area contributed by atoms with Crippen LogP contribution in [0.15, 0.2) is 0 Å². The second-order valence-electron chi connectivity index (χ2n) is 1.98. The molecule has 0 aromatic carbocycles. The largest absolute Gasteiger partial charge is 0.394 e. The van der Waals surface area contributed by atoms with Crippen LogP contribution in [0.3, 0.4) is 0 Å². The van der Waals surface area contributed by atoms with E-state index in [0.29, 0.717) is 0 Å². The first-order valence-corrected chi connectivity index (χ1v) is 3.19. The Bertz CT molecular complexity index is 229. The minimum absolute atomic E-state index is 0.0762. The number of aldehydes is 1. The van der Waals surface area contributed by atoms with Gasteiger partial charge in [0.1, 0.15) is 0 Å². The highest BCUT2D eigenvalue weighted by molar-refractivity contribution is 5.56. The third kappa shape index (κ3) is 4.15. The number of carbonyl (C=O) groups is 1. The highest BCUT2D eigenvalue weighted by Crippen LogP contribution is 2.02. The molecule has 0 saturated carbocycles. The minimum Gasteiger partial charge on any atom is -0.394 e. The van der Waals surface area contributed by atoms with E-state index < -0.39 is 29.0 Å². The summed E-state index contributed by atoms with van der Waals surface area (Å²) in [4.78, 5) is 37.3. The molecular formula is C4H6N2O8. The van der Waals surface area contributed by atoms with E-state index in [9.17, 15) is 25.0 Å². The van der Waals surface area contributed by atoms with E-state index in [-0.39, 0.29) is 6.29 Å². The lowest BCUT2D eigenvalue weighted by Crippen LogP contribution is -2.38. The molecule has 14 heavy (non-hydrogen) atoms. The van der Waals surface area contributed by atoms with Crippen molar-refractivity contribution >= 4 is 6.29 Å². The topological polar surface area (TPSA) is 142 Å². The maximum atomic E-state index is 10.2. The maximum Gasteiger partial charge on any atom is 0.295 e. The van der Waals surface area contributed by atoms with Crippen molar-refractivity contribution in [3.05, 3.63) is 20.2 Å². The van der Waals surface area contributed by atoms with Crippen LogP contribution in [0.4, 0.5) is 0 Å². The summed E-state index contributed by atoms with van der Waals surface area (Å²) in [5.41, 5.74) is 0. The predicted octanol–water partition coefficient (Wildman–Crippen LogP) is -1.67. The number of carbonyl (C=O) groups excluding carboxylic acids is 1. The van der Waals surface area contributed by atoms with Gasteiger partial charge in [-0.2, -0.15) is 0 Å². The molecule has 10 nitrogen and oxygen atoms in total. The van der Waals surface area contributed by atoms with Crippen molar-refractivity contribution in [1.82, 2.24) is 0 Å². The van der Waals surface area contributed by atoms with Crippen molar-refractivity contribution in [3.63, 3.8) is 0 Å². The predicted molar refractivity (Wildman–Crippen MR) is 36.9 cm³/mol. The Morgan fingerprint density at radius 3 is 2.07 bits per heavy atom. The fraction of sp³-hybridized carbons (Fsp3) is 0.750. The van der Waals surface area contributed by atoms with Gasteiger partial charge in [0.2, 0.25) is 0 Å². The van der Waals surface area contributed by atoms with Gasteiger partial charge in [0, 0.05) is 0 Å². The lowest BCUT2D eigenvalue weighted by Gasteiger charge is -2.16. The van der Waals surface area contributed by atoms with E-state index >= 15 is 0 Å². The van der Waals surface area contributed by atoms with Crippen molar-refractivity contribution in [2.24, 2.45) is 0 Å². The van der Waals surface area contributed by atoms with Crippen LogP contribution in [0.25, 0.3) is 0 Å². The molecule has 0 aliphatic rings. The monoisotopic (exact) mass is 210 g/mol. The summed E-state index contributed by atoms with van der Waals surface area (Å²) in [5.74, 6) is 0. The third-order valence-electron chi connectivity index (χ3n) is 1.11. The summed E-state index contributed by atoms with van der Waals surface area (Å²) in [6, 6.07) is 0. The van der Waals surface area contributed by atoms with Crippen LogP contribution in [0, 0.1) is 20.2 Å². The number of rotatable bonds is 7. The van der Waals surface area contributed by atoms with Crippen LogP contribution in [-0.4, -0.2) is 40.4 Å². The van der Waals surface area contributed by atoms with E-state index in [1.165, 1.54) is 0 Å². The molecule has 0 aliphatic heterocycles. The molecule has 0 fully saturated rings. The average molecular weight is 210 g/mol. The highest BCUT2D eigenvalue weighted by atomic mass is 17.0. The Kier molecular flexibility index (Phi) is 4.84. The standard InChI is InChI=1S/C4H6N2O8/c7-1-3(13-5(9)10)4(2-8)14-6(11)12/h1,3-4,8H,2H2. The quantitative estimate of drug-likeness (QED) is 0.298. The van der Waals surface area contributed by atoms with Crippen molar-refractivity contribution in [3.8, 4) is 0 Å². The molecule has 0 aliphatic carbocycles. The number of aliphatic hydroxyl groups is 1. The zero-order chi connectivity index (χ0) is 11.1. The van der Waals surface area contributed by atoms with Gasteiger partial charge in [-0.1, -0.05) is 0 Å². The molecule has 10 heteroatoms. The molecule has 0 spiro atoms. The first-order chi connectivity index (χ1) is 6.51. The van der Waals surface area contributed by atoms with E-state index in [1.807, 2.05) is 0 Å². The van der Waals surface area contributed by atoms with Crippen molar-refractivity contribution in [1.29, 1.82) is 0 Å². The van der Waals surface area contributed by atoms with Gasteiger partial charge in [-0.3, -0.25) is 0 Å². The second-order valence-corrected chi connectivity index (χ2v) is 1.98. The summed E-state index contributed by atoms with van der Waals surface area (Å²) in [6.45, 7) is -0.960. The summed E-state index contributed by atoms with van der Waals surface area (Å²) in [6.07, 6.45) is -3.62. The molecule has 1 N–H and O–H groups in total. The van der Waals surface area contributed by atoms with Crippen LogP contribution in [0.2, 0.25) is 0 Å². The number of hydrogen-bond donors (Lipinski definition) is 1. The molecule has 0 aromatic heterocycles. The van der Waals surface area contributed by atoms with Crippen LogP contribution >= 0.6 is 0 Å². The van der Waals surface area contributed by atoms with Gasteiger partial charge < -0.3 is 19.6 Å². The molecular weight excluding hydrogens is 204 g/mol. The maximum absolute atomic E-state index is 10.2. The van der Waals surface area contributed by atoms with E-state index in [0.717, 1.165) is 0 Å². The molecule has 0 saturated heterocycles. The van der Waals surface area contributed by atoms with Crippen molar-refractivity contribution in [2.75, 3.05) is 6.61 Å². The SMILES string of the molecule is O=CC(O[N+](=O)[O-])C(CO)O[N+](=O)[O-]. The average Bonchev–Trinajstić information content (AvgIpc) is 2.10. The second kappa shape index (κ2) is 5.64. The Morgan fingerprint density at radius 2 is 1.79 bits per heavy atom. The van der Waals surface area contributed by atoms with Gasteiger partial charge >= 0.3 is 0 Å². The minimum atomic E-state index is -1.83. The van der Waals surface area contributed by atoms with Crippen molar-refractivity contribution < 1.29 is 29.7 Å². The molecule has 0 rings (SSSR count). The van der Waals surface area contributed by atoms with E-state index in [1.54, 1.807) is 0 Å². The van der Waals surface area contributed by atoms with Crippen LogP contribution in [0.5, 0.6) is 0 Å². The molecule has 0 aromatic rings. The normalized spacial score (nSPS) is 13.8. The molecule has 2 unspecified atom stereocenters. The van der Waals surface area contributed by atoms with E-state index in [4.69, 9.17) is 5.11 Å². The molecule has 0 amide bonds. The van der Waals surface area contributed by atoms with E-state index in [2.05, 4.69) is 9.68 Å². The van der Waals surface area contributed by atoms with Crippen LogP contribution in [-0.2, 0) is 14.5 Å². The third-order valence-corrected chi connectivity index (χ3v) is 1.11. The van der Waals surface area contributed by atoms with Gasteiger partial charge in [-0.25, -0.2) is 0 Å². The number of hydrogen-bond acceptors (Lipinski definition) is 8. The summed E-state index contributed by atoms with van der Waals surface area (Å²) < 4.78 is 0. The first-order valence-electron chi connectivity index (χ1n) is 3.19. The Balaban J connectivity index is 4.35. The zero-order valence-corrected chi connectivity index (χ0v) is 6.64. The van der Waals surface area contributed by atoms with Gasteiger partial charge in [0.05, 0.1) is 6.61 Å². The smallest absolute Gasteiger partial charge is 0.295 e. The van der Waals surface area contributed by atoms with Gasteiger partial charge in [0.25, 0.3) is 10.2 Å². The summed E-state index contributed by atoms with van der Waals surface area (Å²) in [5, 5.41) is 25.5. The number of nitrogens with zero attached hydrogens (tertiary/aromatic N) is 2. The zero-order valence-electron chi connectivity index (χ0n) is 6.64. The fourth-order valence-corrected chi connectivity index (χ4v) is 0.587. The Morgan fingerprint density at radius 1 is 1.29 bits per heavy atom. The fourth-order valence-electron chi connectivity index (χ4n) is 0.587. The number of aliphatic hydroxyl groups excluding tert-OH is 1. The van der Waals surface area contributed by atoms with Crippen LogP contribution < -0.4 is 0 Å². The molecule has 0 heterocycles.